The van der Waals surface area contributed by atoms with Gasteiger partial charge in [-0.3, -0.25) is 0 Å². The zero-order valence-corrected chi connectivity index (χ0v) is 11.7. The van der Waals surface area contributed by atoms with Crippen molar-refractivity contribution < 1.29 is 0 Å². The van der Waals surface area contributed by atoms with E-state index in [1.807, 2.05) is 0 Å². The summed E-state index contributed by atoms with van der Waals surface area (Å²) in [4.78, 5) is 0. The van der Waals surface area contributed by atoms with Crippen LogP contribution in [0.1, 0.15) is 34.2 Å². The van der Waals surface area contributed by atoms with Gasteiger partial charge in [-0.25, -0.2) is 0 Å². The first-order valence-electron chi connectivity index (χ1n) is 7.08. The Labute approximate surface area is 115 Å². The van der Waals surface area contributed by atoms with Crippen LogP contribution in [0.4, 0.5) is 0 Å². The molecule has 19 heavy (non-hydrogen) atoms. The second kappa shape index (κ2) is 5.05. The third kappa shape index (κ3) is 2.35. The molecule has 0 N–H and O–H groups in total. The molecular formula is C19H20. The van der Waals surface area contributed by atoms with E-state index in [1.54, 1.807) is 11.1 Å². The molecule has 0 aromatic heterocycles. The molecule has 0 spiro atoms. The Morgan fingerprint density at radius 3 is 2.37 bits per heavy atom. The number of hydrogen-bond donors (Lipinski definition) is 0. The smallest absolute Gasteiger partial charge is 0.00826 e. The fourth-order valence-electron chi connectivity index (χ4n) is 3.06. The van der Waals surface area contributed by atoms with Gasteiger partial charge in [0.15, 0.2) is 0 Å². The van der Waals surface area contributed by atoms with Crippen molar-refractivity contribution in [2.45, 2.75) is 33.1 Å². The molecule has 0 saturated heterocycles. The quantitative estimate of drug-likeness (QED) is 0.726. The molecule has 0 aliphatic heterocycles. The van der Waals surface area contributed by atoms with E-state index in [9.17, 15) is 0 Å². The van der Waals surface area contributed by atoms with Crippen molar-refractivity contribution in [2.24, 2.45) is 0 Å². The predicted octanol–water partition coefficient (Wildman–Crippen LogP) is 4.88. The highest BCUT2D eigenvalue weighted by atomic mass is 14.2. The Kier molecular flexibility index (Phi) is 3.25. The van der Waals surface area contributed by atoms with Gasteiger partial charge in [-0.15, -0.1) is 0 Å². The monoisotopic (exact) mass is 248 g/mol. The van der Waals surface area contributed by atoms with Crippen LogP contribution in [0.15, 0.2) is 48.5 Å². The number of fused-ring (bicyclic) bond motifs is 1. The lowest BCUT2D eigenvalue weighted by Crippen LogP contribution is -1.94. The molecule has 0 unspecified atom stereocenters. The summed E-state index contributed by atoms with van der Waals surface area (Å²) in [6, 6.07) is 15.3. The molecule has 1 aliphatic rings. The fraction of sp³-hybridized carbons (Fsp3) is 0.263. The number of hydrogen-bond acceptors (Lipinski definition) is 0. The summed E-state index contributed by atoms with van der Waals surface area (Å²) in [5.41, 5.74) is 8.91. The first-order valence-corrected chi connectivity index (χ1v) is 7.08. The second-order valence-electron chi connectivity index (χ2n) is 5.47. The number of allylic oxidation sites excluding steroid dienone is 2. The maximum Gasteiger partial charge on any atom is -0.00826 e. The molecule has 96 valence electrons. The van der Waals surface area contributed by atoms with Crippen LogP contribution < -0.4 is 0 Å². The zero-order valence-electron chi connectivity index (χ0n) is 11.7. The molecule has 0 amide bonds. The minimum Gasteiger partial charge on any atom is -0.0763 e. The number of aryl methyl sites for hydroxylation is 3. The van der Waals surface area contributed by atoms with Gasteiger partial charge in [-0.1, -0.05) is 48.5 Å². The SMILES string of the molecule is Cc1ccc(C)c2c1CC=C2CCc1ccccc1. The maximum absolute atomic E-state index is 2.42. The van der Waals surface area contributed by atoms with Crippen molar-refractivity contribution in [3.63, 3.8) is 0 Å². The summed E-state index contributed by atoms with van der Waals surface area (Å²) in [5, 5.41) is 0. The van der Waals surface area contributed by atoms with E-state index in [0.717, 1.165) is 19.3 Å². The molecule has 0 atom stereocenters. The van der Waals surface area contributed by atoms with Crippen molar-refractivity contribution >= 4 is 5.57 Å². The number of rotatable bonds is 3. The van der Waals surface area contributed by atoms with E-state index in [-0.39, 0.29) is 0 Å². The van der Waals surface area contributed by atoms with Crippen molar-refractivity contribution in [3.05, 3.63) is 76.4 Å². The van der Waals surface area contributed by atoms with E-state index in [2.05, 4.69) is 62.4 Å². The normalized spacial score (nSPS) is 13.3. The van der Waals surface area contributed by atoms with Crippen LogP contribution in [-0.4, -0.2) is 0 Å². The molecule has 2 aromatic carbocycles. The van der Waals surface area contributed by atoms with Gasteiger partial charge in [0.2, 0.25) is 0 Å². The summed E-state index contributed by atoms with van der Waals surface area (Å²) in [6.07, 6.45) is 5.83. The van der Waals surface area contributed by atoms with Crippen LogP contribution in [0.5, 0.6) is 0 Å². The summed E-state index contributed by atoms with van der Waals surface area (Å²) in [7, 11) is 0. The van der Waals surface area contributed by atoms with E-state index in [4.69, 9.17) is 0 Å². The van der Waals surface area contributed by atoms with Crippen LogP contribution in [0.25, 0.3) is 5.57 Å². The Balaban J connectivity index is 1.81. The molecule has 0 saturated carbocycles. The average molecular weight is 248 g/mol. The van der Waals surface area contributed by atoms with E-state index >= 15 is 0 Å². The topological polar surface area (TPSA) is 0 Å². The lowest BCUT2D eigenvalue weighted by molar-refractivity contribution is 1.02. The average Bonchev–Trinajstić information content (AvgIpc) is 2.87. The molecule has 3 rings (SSSR count). The van der Waals surface area contributed by atoms with Gasteiger partial charge in [0, 0.05) is 0 Å². The van der Waals surface area contributed by atoms with Gasteiger partial charge in [-0.2, -0.15) is 0 Å². The summed E-state index contributed by atoms with van der Waals surface area (Å²) in [6.45, 7) is 4.46. The molecule has 0 radical (unpaired) electrons. The molecule has 0 nitrogen and oxygen atoms in total. The van der Waals surface area contributed by atoms with Gasteiger partial charge in [0.25, 0.3) is 0 Å². The molecule has 1 aliphatic carbocycles. The first-order chi connectivity index (χ1) is 9.25. The first kappa shape index (κ1) is 12.2. The van der Waals surface area contributed by atoms with Crippen molar-refractivity contribution in [2.75, 3.05) is 0 Å². The Bertz CT molecular complexity index is 618. The third-order valence-electron chi connectivity index (χ3n) is 4.15. The van der Waals surface area contributed by atoms with Crippen molar-refractivity contribution in [1.82, 2.24) is 0 Å². The highest BCUT2D eigenvalue weighted by molar-refractivity contribution is 5.76. The summed E-state index contributed by atoms with van der Waals surface area (Å²) in [5.74, 6) is 0. The Morgan fingerprint density at radius 1 is 0.842 bits per heavy atom. The highest BCUT2D eigenvalue weighted by Gasteiger charge is 2.17. The van der Waals surface area contributed by atoms with Gasteiger partial charge < -0.3 is 0 Å². The summed E-state index contributed by atoms with van der Waals surface area (Å²) >= 11 is 0. The Hall–Kier alpha value is -1.82. The van der Waals surface area contributed by atoms with E-state index < -0.39 is 0 Å². The predicted molar refractivity (Wildman–Crippen MR) is 82.4 cm³/mol. The molecule has 2 aromatic rings. The third-order valence-corrected chi connectivity index (χ3v) is 4.15. The molecule has 0 heteroatoms. The molecule has 0 bridgehead atoms. The van der Waals surface area contributed by atoms with E-state index in [1.165, 1.54) is 22.3 Å². The van der Waals surface area contributed by atoms with E-state index in [0.29, 0.717) is 0 Å². The van der Waals surface area contributed by atoms with Crippen LogP contribution >= 0.6 is 0 Å². The van der Waals surface area contributed by atoms with Gasteiger partial charge in [0.05, 0.1) is 0 Å². The molecule has 0 fully saturated rings. The van der Waals surface area contributed by atoms with Crippen molar-refractivity contribution in [1.29, 1.82) is 0 Å². The van der Waals surface area contributed by atoms with Crippen LogP contribution in [0, 0.1) is 13.8 Å². The summed E-state index contributed by atoms with van der Waals surface area (Å²) < 4.78 is 0. The zero-order chi connectivity index (χ0) is 13.2. The second-order valence-corrected chi connectivity index (χ2v) is 5.47. The minimum atomic E-state index is 1.12. The van der Waals surface area contributed by atoms with Gasteiger partial charge in [0.1, 0.15) is 0 Å². The molecule has 0 heterocycles. The largest absolute Gasteiger partial charge is 0.0763 e. The maximum atomic E-state index is 2.42. The highest BCUT2D eigenvalue weighted by Crippen LogP contribution is 2.35. The van der Waals surface area contributed by atoms with Gasteiger partial charge >= 0.3 is 0 Å². The molecular weight excluding hydrogens is 228 g/mol. The lowest BCUT2D eigenvalue weighted by Gasteiger charge is -2.11. The lowest BCUT2D eigenvalue weighted by atomic mass is 9.93. The number of benzene rings is 2. The van der Waals surface area contributed by atoms with Crippen molar-refractivity contribution in [3.8, 4) is 0 Å². The van der Waals surface area contributed by atoms with Gasteiger partial charge in [-0.05, 0) is 66.5 Å². The van der Waals surface area contributed by atoms with Crippen LogP contribution in [0.3, 0.4) is 0 Å². The Morgan fingerprint density at radius 2 is 1.58 bits per heavy atom. The standard InChI is InChI=1S/C19H20/c1-14-8-9-15(2)19-17(12-13-18(14)19)11-10-16-6-4-3-5-7-16/h3-9,12H,10-11,13H2,1-2H3. The fourth-order valence-corrected chi connectivity index (χ4v) is 3.06. The van der Waals surface area contributed by atoms with Crippen LogP contribution in [0.2, 0.25) is 0 Å². The van der Waals surface area contributed by atoms with Crippen LogP contribution in [-0.2, 0) is 12.8 Å². The minimum absolute atomic E-state index is 1.12.